The highest BCUT2D eigenvalue weighted by molar-refractivity contribution is 8.13. The molecule has 7 heteroatoms. The van der Waals surface area contributed by atoms with Crippen LogP contribution in [0.3, 0.4) is 0 Å². The van der Waals surface area contributed by atoms with Crippen molar-refractivity contribution < 1.29 is 23.1 Å². The van der Waals surface area contributed by atoms with Gasteiger partial charge in [-0.1, -0.05) is 13.8 Å². The summed E-state index contributed by atoms with van der Waals surface area (Å²) in [6.07, 6.45) is 1.28. The molecule has 118 valence electrons. The van der Waals surface area contributed by atoms with Gasteiger partial charge in [-0.3, -0.25) is 4.79 Å². The van der Waals surface area contributed by atoms with Crippen molar-refractivity contribution >= 4 is 25.7 Å². The first-order valence-electron chi connectivity index (χ1n) is 6.65. The highest BCUT2D eigenvalue weighted by Crippen LogP contribution is 2.30. The van der Waals surface area contributed by atoms with Gasteiger partial charge in [-0.2, -0.15) is 0 Å². The molecule has 0 aliphatic rings. The van der Waals surface area contributed by atoms with Gasteiger partial charge in [0.15, 0.2) is 0 Å². The van der Waals surface area contributed by atoms with Crippen LogP contribution in [0.2, 0.25) is 0 Å². The van der Waals surface area contributed by atoms with Gasteiger partial charge in [-0.25, -0.2) is 8.42 Å². The molecule has 0 radical (unpaired) electrons. The fourth-order valence-electron chi connectivity index (χ4n) is 1.82. The van der Waals surface area contributed by atoms with E-state index in [0.717, 1.165) is 5.56 Å². The Kier molecular flexibility index (Phi) is 6.48. The van der Waals surface area contributed by atoms with Gasteiger partial charge in [0.1, 0.15) is 5.75 Å². The van der Waals surface area contributed by atoms with Crippen LogP contribution >= 0.6 is 10.7 Å². The average Bonchev–Trinajstić information content (AvgIpc) is 2.36. The number of benzene rings is 1. The fraction of sp³-hybridized carbons (Fsp3) is 0.500. The summed E-state index contributed by atoms with van der Waals surface area (Å²) in [5.41, 5.74) is 0.759. The number of carbonyl (C=O) groups is 1. The second-order valence-electron chi connectivity index (χ2n) is 4.99. The molecule has 21 heavy (non-hydrogen) atoms. The van der Waals surface area contributed by atoms with Crippen LogP contribution in [0.25, 0.3) is 0 Å². The van der Waals surface area contributed by atoms with Gasteiger partial charge in [0.2, 0.25) is 0 Å². The molecule has 0 unspecified atom stereocenters. The summed E-state index contributed by atoms with van der Waals surface area (Å²) in [6.45, 7) is 4.24. The monoisotopic (exact) mass is 334 g/mol. The van der Waals surface area contributed by atoms with Crippen molar-refractivity contribution in [3.8, 4) is 5.75 Å². The highest BCUT2D eigenvalue weighted by Gasteiger charge is 2.15. The molecule has 0 aliphatic carbocycles. The van der Waals surface area contributed by atoms with E-state index in [0.29, 0.717) is 25.2 Å². The van der Waals surface area contributed by atoms with E-state index in [9.17, 15) is 13.2 Å². The van der Waals surface area contributed by atoms with Gasteiger partial charge in [0, 0.05) is 17.1 Å². The van der Waals surface area contributed by atoms with Crippen molar-refractivity contribution in [3.63, 3.8) is 0 Å². The van der Waals surface area contributed by atoms with E-state index in [1.165, 1.54) is 12.1 Å². The molecule has 1 N–H and O–H groups in total. The zero-order valence-electron chi connectivity index (χ0n) is 12.0. The summed E-state index contributed by atoms with van der Waals surface area (Å²) in [7, 11) is 1.58. The number of halogens is 1. The molecular weight excluding hydrogens is 316 g/mol. The van der Waals surface area contributed by atoms with E-state index in [2.05, 4.69) is 0 Å². The lowest BCUT2D eigenvalue weighted by atomic mass is 10.0. The molecule has 0 bridgehead atoms. The number of carboxylic acids is 1. The molecule has 0 saturated heterocycles. The summed E-state index contributed by atoms with van der Waals surface area (Å²) < 4.78 is 28.3. The number of unbranched alkanes of at least 4 members (excludes halogenated alkanes) is 1. The van der Waals surface area contributed by atoms with Crippen molar-refractivity contribution in [1.82, 2.24) is 0 Å². The fourth-order valence-corrected chi connectivity index (χ4v) is 2.61. The van der Waals surface area contributed by atoms with Gasteiger partial charge in [0.05, 0.1) is 11.5 Å². The standard InChI is InChI=1S/C14H19ClO5S/c1-10(2)12-9-11(21(15,18)19)6-7-13(12)20-8-4-3-5-14(16)17/h6-7,9-10H,3-5,8H2,1-2H3,(H,16,17). The van der Waals surface area contributed by atoms with E-state index in [1.54, 1.807) is 6.07 Å². The molecule has 1 rings (SSSR count). The van der Waals surface area contributed by atoms with Crippen LogP contribution in [0, 0.1) is 0 Å². The Hall–Kier alpha value is -1.27. The van der Waals surface area contributed by atoms with Crippen molar-refractivity contribution in [1.29, 1.82) is 0 Å². The SMILES string of the molecule is CC(C)c1cc(S(=O)(=O)Cl)ccc1OCCCCC(=O)O. The lowest BCUT2D eigenvalue weighted by Gasteiger charge is -2.15. The third-order valence-corrected chi connectivity index (χ3v) is 4.28. The van der Waals surface area contributed by atoms with Crippen LogP contribution in [0.5, 0.6) is 5.75 Å². The van der Waals surface area contributed by atoms with E-state index in [-0.39, 0.29) is 17.2 Å². The molecule has 0 spiro atoms. The van der Waals surface area contributed by atoms with E-state index in [1.807, 2.05) is 13.8 Å². The van der Waals surface area contributed by atoms with Gasteiger partial charge >= 0.3 is 5.97 Å². The number of rotatable bonds is 8. The predicted octanol–water partition coefficient (Wildman–Crippen LogP) is 3.37. The second-order valence-corrected chi connectivity index (χ2v) is 7.56. The summed E-state index contributed by atoms with van der Waals surface area (Å²) in [4.78, 5) is 10.4. The molecule has 1 aromatic rings. The van der Waals surface area contributed by atoms with Crippen LogP contribution < -0.4 is 4.74 Å². The highest BCUT2D eigenvalue weighted by atomic mass is 35.7. The molecule has 0 saturated carbocycles. The quantitative estimate of drug-likeness (QED) is 0.582. The number of aliphatic carboxylic acids is 1. The molecule has 5 nitrogen and oxygen atoms in total. The largest absolute Gasteiger partial charge is 0.493 e. The van der Waals surface area contributed by atoms with E-state index >= 15 is 0 Å². The molecule has 0 heterocycles. The predicted molar refractivity (Wildman–Crippen MR) is 80.6 cm³/mol. The van der Waals surface area contributed by atoms with Gasteiger partial charge in [-0.15, -0.1) is 0 Å². The van der Waals surface area contributed by atoms with Crippen molar-refractivity contribution in [2.45, 2.75) is 43.9 Å². The zero-order valence-corrected chi connectivity index (χ0v) is 13.6. The smallest absolute Gasteiger partial charge is 0.303 e. The first-order valence-corrected chi connectivity index (χ1v) is 8.96. The van der Waals surface area contributed by atoms with Crippen molar-refractivity contribution in [2.24, 2.45) is 0 Å². The van der Waals surface area contributed by atoms with Crippen LogP contribution in [0.4, 0.5) is 0 Å². The minimum Gasteiger partial charge on any atom is -0.493 e. The zero-order chi connectivity index (χ0) is 16.0. The summed E-state index contributed by atoms with van der Waals surface area (Å²) >= 11 is 0. The third kappa shape index (κ3) is 5.93. The van der Waals surface area contributed by atoms with Gasteiger partial charge < -0.3 is 9.84 Å². The minimum atomic E-state index is -3.76. The topological polar surface area (TPSA) is 80.7 Å². The molecule has 0 aromatic heterocycles. The molecule has 1 aromatic carbocycles. The molecule has 0 fully saturated rings. The minimum absolute atomic E-state index is 0.0473. The summed E-state index contributed by atoms with van der Waals surface area (Å²) in [5.74, 6) is -0.142. The Morgan fingerprint density at radius 1 is 1.33 bits per heavy atom. The molecular formula is C14H19ClO5S. The Bertz CT molecular complexity index is 595. The van der Waals surface area contributed by atoms with Crippen LogP contribution in [-0.2, 0) is 13.8 Å². The van der Waals surface area contributed by atoms with Gasteiger partial charge in [-0.05, 0) is 42.5 Å². The number of hydrogen-bond donors (Lipinski definition) is 1. The third-order valence-electron chi connectivity index (χ3n) is 2.93. The number of hydrogen-bond acceptors (Lipinski definition) is 4. The maximum atomic E-state index is 11.4. The van der Waals surface area contributed by atoms with E-state index < -0.39 is 15.0 Å². The normalized spacial score (nSPS) is 11.6. The van der Waals surface area contributed by atoms with Crippen LogP contribution in [0.15, 0.2) is 23.1 Å². The molecule has 0 amide bonds. The number of ether oxygens (including phenoxy) is 1. The van der Waals surface area contributed by atoms with E-state index in [4.69, 9.17) is 20.5 Å². The summed E-state index contributed by atoms with van der Waals surface area (Å²) in [5, 5.41) is 8.54. The maximum Gasteiger partial charge on any atom is 0.303 e. The first-order chi connectivity index (χ1) is 9.71. The van der Waals surface area contributed by atoms with Crippen LogP contribution in [-0.4, -0.2) is 26.1 Å². The second kappa shape index (κ2) is 7.66. The Morgan fingerprint density at radius 2 is 2.00 bits per heavy atom. The first kappa shape index (κ1) is 17.8. The molecule has 0 aliphatic heterocycles. The van der Waals surface area contributed by atoms with Gasteiger partial charge in [0.25, 0.3) is 9.05 Å². The Balaban J connectivity index is 2.76. The summed E-state index contributed by atoms with van der Waals surface area (Å²) in [6, 6.07) is 4.50. The average molecular weight is 335 g/mol. The van der Waals surface area contributed by atoms with Crippen molar-refractivity contribution in [3.05, 3.63) is 23.8 Å². The Morgan fingerprint density at radius 3 is 2.52 bits per heavy atom. The lowest BCUT2D eigenvalue weighted by molar-refractivity contribution is -0.137. The lowest BCUT2D eigenvalue weighted by Crippen LogP contribution is -2.04. The molecule has 0 atom stereocenters. The maximum absolute atomic E-state index is 11.4. The van der Waals surface area contributed by atoms with Crippen LogP contribution in [0.1, 0.15) is 44.6 Å². The number of carboxylic acid groups (broad SMARTS) is 1. The van der Waals surface area contributed by atoms with Crippen molar-refractivity contribution in [2.75, 3.05) is 6.61 Å². The Labute approximate surface area is 129 Å².